The Balaban J connectivity index is 1.48. The molecule has 1 fully saturated rings. The number of hydrogen-bond acceptors (Lipinski definition) is 4. The summed E-state index contributed by atoms with van der Waals surface area (Å²) in [4.78, 5) is 18.0. The fraction of sp³-hybridized carbons (Fsp3) is 0.211. The molecule has 0 radical (unpaired) electrons. The summed E-state index contributed by atoms with van der Waals surface area (Å²) < 4.78 is 45.1. The highest BCUT2D eigenvalue weighted by molar-refractivity contribution is 5.79. The van der Waals surface area contributed by atoms with Gasteiger partial charge in [-0.25, -0.2) is 13.2 Å². The standard InChI is InChI=1S/C19H14F3N3O2/c20-14-4-1-11(2-5-14)18-23-19(27-24-18)13-7-17(26)25(10-13)9-12-3-6-15(21)8-16(12)22/h1-6,8,13H,7,9-10H2. The highest BCUT2D eigenvalue weighted by Gasteiger charge is 2.34. The first-order chi connectivity index (χ1) is 13.0. The van der Waals surface area contributed by atoms with Gasteiger partial charge in [0.1, 0.15) is 17.5 Å². The van der Waals surface area contributed by atoms with Crippen LogP contribution >= 0.6 is 0 Å². The zero-order valence-corrected chi connectivity index (χ0v) is 14.0. The van der Waals surface area contributed by atoms with E-state index < -0.39 is 11.6 Å². The number of likely N-dealkylation sites (tertiary alicyclic amines) is 1. The fourth-order valence-electron chi connectivity index (χ4n) is 3.06. The molecule has 1 aliphatic heterocycles. The van der Waals surface area contributed by atoms with Crippen molar-refractivity contribution < 1.29 is 22.5 Å². The van der Waals surface area contributed by atoms with E-state index in [4.69, 9.17) is 4.52 Å². The van der Waals surface area contributed by atoms with E-state index in [0.29, 0.717) is 23.8 Å². The normalized spacial score (nSPS) is 16.9. The van der Waals surface area contributed by atoms with Crippen LogP contribution in [0.15, 0.2) is 47.0 Å². The van der Waals surface area contributed by atoms with Gasteiger partial charge in [-0.2, -0.15) is 4.98 Å². The van der Waals surface area contributed by atoms with Crippen molar-refractivity contribution in [2.75, 3.05) is 6.54 Å². The Morgan fingerprint density at radius 3 is 2.56 bits per heavy atom. The van der Waals surface area contributed by atoms with Crippen molar-refractivity contribution in [2.45, 2.75) is 18.9 Å². The van der Waals surface area contributed by atoms with Crippen LogP contribution in [0.1, 0.15) is 23.8 Å². The molecule has 1 aromatic heterocycles. The van der Waals surface area contributed by atoms with E-state index >= 15 is 0 Å². The molecule has 1 saturated heterocycles. The number of amides is 1. The van der Waals surface area contributed by atoms with Gasteiger partial charge >= 0.3 is 0 Å². The van der Waals surface area contributed by atoms with Gasteiger partial charge < -0.3 is 9.42 Å². The van der Waals surface area contributed by atoms with Gasteiger partial charge in [0.25, 0.3) is 0 Å². The molecule has 2 aromatic carbocycles. The highest BCUT2D eigenvalue weighted by Crippen LogP contribution is 2.30. The number of benzene rings is 2. The van der Waals surface area contributed by atoms with E-state index in [2.05, 4.69) is 10.1 Å². The van der Waals surface area contributed by atoms with Gasteiger partial charge in [-0.1, -0.05) is 11.2 Å². The minimum Gasteiger partial charge on any atom is -0.339 e. The van der Waals surface area contributed by atoms with Gasteiger partial charge in [0.2, 0.25) is 17.6 Å². The molecule has 2 heterocycles. The van der Waals surface area contributed by atoms with E-state index in [-0.39, 0.29) is 36.2 Å². The quantitative estimate of drug-likeness (QED) is 0.700. The van der Waals surface area contributed by atoms with Crippen LogP contribution in [0.4, 0.5) is 13.2 Å². The summed E-state index contributed by atoms with van der Waals surface area (Å²) >= 11 is 0. The van der Waals surface area contributed by atoms with Crippen molar-refractivity contribution >= 4 is 5.91 Å². The summed E-state index contributed by atoms with van der Waals surface area (Å²) in [6, 6.07) is 8.93. The average Bonchev–Trinajstić information content (AvgIpc) is 3.25. The van der Waals surface area contributed by atoms with E-state index in [0.717, 1.165) is 12.1 Å². The molecule has 8 heteroatoms. The molecule has 0 spiro atoms. The fourth-order valence-corrected chi connectivity index (χ4v) is 3.06. The lowest BCUT2D eigenvalue weighted by Crippen LogP contribution is -2.25. The number of halogens is 3. The minimum absolute atomic E-state index is 0.0421. The summed E-state index contributed by atoms with van der Waals surface area (Å²) in [5.74, 6) is -1.62. The Kier molecular flexibility index (Phi) is 4.39. The van der Waals surface area contributed by atoms with Gasteiger partial charge in [-0.15, -0.1) is 0 Å². The molecule has 0 N–H and O–H groups in total. The lowest BCUT2D eigenvalue weighted by atomic mass is 10.1. The Morgan fingerprint density at radius 2 is 1.81 bits per heavy atom. The van der Waals surface area contributed by atoms with Crippen LogP contribution in [0, 0.1) is 17.5 Å². The molecule has 1 atom stereocenters. The third-order valence-electron chi connectivity index (χ3n) is 4.48. The lowest BCUT2D eigenvalue weighted by molar-refractivity contribution is -0.128. The topological polar surface area (TPSA) is 59.2 Å². The van der Waals surface area contributed by atoms with Crippen LogP contribution in [-0.4, -0.2) is 27.5 Å². The first kappa shape index (κ1) is 17.3. The third kappa shape index (κ3) is 3.55. The molecule has 1 amide bonds. The molecule has 1 unspecified atom stereocenters. The summed E-state index contributed by atoms with van der Waals surface area (Å²) in [6.07, 6.45) is 0.161. The maximum absolute atomic E-state index is 13.8. The Morgan fingerprint density at radius 1 is 1.07 bits per heavy atom. The molecule has 0 bridgehead atoms. The zero-order chi connectivity index (χ0) is 19.0. The molecule has 3 aromatic rings. The van der Waals surface area contributed by atoms with Crippen LogP contribution < -0.4 is 0 Å². The second-order valence-electron chi connectivity index (χ2n) is 6.37. The van der Waals surface area contributed by atoms with Gasteiger partial charge in [-0.05, 0) is 30.3 Å². The van der Waals surface area contributed by atoms with Crippen LogP contribution in [0.25, 0.3) is 11.4 Å². The van der Waals surface area contributed by atoms with Crippen molar-refractivity contribution in [3.8, 4) is 11.4 Å². The van der Waals surface area contributed by atoms with Gasteiger partial charge in [0.15, 0.2) is 0 Å². The second kappa shape index (κ2) is 6.86. The SMILES string of the molecule is O=C1CC(c2nc(-c3ccc(F)cc3)no2)CN1Cc1ccc(F)cc1F. The summed E-state index contributed by atoms with van der Waals surface area (Å²) in [7, 11) is 0. The van der Waals surface area contributed by atoms with Crippen molar-refractivity contribution in [1.29, 1.82) is 0 Å². The number of carbonyl (C=O) groups excluding carboxylic acids is 1. The predicted octanol–water partition coefficient (Wildman–Crippen LogP) is 3.67. The van der Waals surface area contributed by atoms with Crippen molar-refractivity contribution in [2.24, 2.45) is 0 Å². The average molecular weight is 373 g/mol. The largest absolute Gasteiger partial charge is 0.339 e. The Hall–Kier alpha value is -3.16. The number of hydrogen-bond donors (Lipinski definition) is 0. The number of carbonyl (C=O) groups is 1. The monoisotopic (exact) mass is 373 g/mol. The number of aromatic nitrogens is 2. The predicted molar refractivity (Wildman–Crippen MR) is 88.8 cm³/mol. The van der Waals surface area contributed by atoms with Gasteiger partial charge in [0, 0.05) is 36.7 Å². The van der Waals surface area contributed by atoms with E-state index in [1.165, 1.54) is 35.2 Å². The number of rotatable bonds is 4. The van der Waals surface area contributed by atoms with Crippen LogP contribution in [0.2, 0.25) is 0 Å². The van der Waals surface area contributed by atoms with Gasteiger partial charge in [-0.3, -0.25) is 4.79 Å². The van der Waals surface area contributed by atoms with E-state index in [1.807, 2.05) is 0 Å². The molecule has 27 heavy (non-hydrogen) atoms. The first-order valence-electron chi connectivity index (χ1n) is 8.31. The molecule has 1 aliphatic rings. The van der Waals surface area contributed by atoms with Crippen molar-refractivity contribution in [3.63, 3.8) is 0 Å². The summed E-state index contributed by atoms with van der Waals surface area (Å²) in [6.45, 7) is 0.334. The minimum atomic E-state index is -0.692. The van der Waals surface area contributed by atoms with Crippen molar-refractivity contribution in [1.82, 2.24) is 15.0 Å². The van der Waals surface area contributed by atoms with Crippen LogP contribution in [-0.2, 0) is 11.3 Å². The molecule has 0 saturated carbocycles. The zero-order valence-electron chi connectivity index (χ0n) is 14.0. The lowest BCUT2D eigenvalue weighted by Gasteiger charge is -2.16. The smallest absolute Gasteiger partial charge is 0.232 e. The Bertz CT molecular complexity index is 988. The van der Waals surface area contributed by atoms with Crippen LogP contribution in [0.3, 0.4) is 0 Å². The molecule has 5 nitrogen and oxygen atoms in total. The number of nitrogens with zero attached hydrogens (tertiary/aromatic N) is 3. The third-order valence-corrected chi connectivity index (χ3v) is 4.48. The summed E-state index contributed by atoms with van der Waals surface area (Å²) in [5.41, 5.74) is 0.837. The van der Waals surface area contributed by atoms with E-state index in [1.54, 1.807) is 0 Å². The molecular weight excluding hydrogens is 359 g/mol. The highest BCUT2D eigenvalue weighted by atomic mass is 19.1. The van der Waals surface area contributed by atoms with Crippen LogP contribution in [0.5, 0.6) is 0 Å². The second-order valence-corrected chi connectivity index (χ2v) is 6.37. The summed E-state index contributed by atoms with van der Waals surface area (Å²) in [5, 5.41) is 3.88. The van der Waals surface area contributed by atoms with Gasteiger partial charge in [0.05, 0.1) is 5.92 Å². The van der Waals surface area contributed by atoms with E-state index in [9.17, 15) is 18.0 Å². The Labute approximate surface area is 152 Å². The molecule has 138 valence electrons. The van der Waals surface area contributed by atoms with Crippen molar-refractivity contribution in [3.05, 3.63) is 71.4 Å². The molecule has 0 aliphatic carbocycles. The molecule has 4 rings (SSSR count). The maximum atomic E-state index is 13.8. The molecular formula is C19H14F3N3O2. The first-order valence-corrected chi connectivity index (χ1v) is 8.31. The maximum Gasteiger partial charge on any atom is 0.232 e.